The molecule has 0 fully saturated rings. The SMILES string of the molecule is COc1cc(Br)cc(-n2ccnc2N)c1. The van der Waals surface area contributed by atoms with E-state index in [9.17, 15) is 0 Å². The van der Waals surface area contributed by atoms with Gasteiger partial charge in [0.15, 0.2) is 0 Å². The number of rotatable bonds is 2. The minimum Gasteiger partial charge on any atom is -0.497 e. The van der Waals surface area contributed by atoms with Crippen molar-refractivity contribution in [1.29, 1.82) is 0 Å². The summed E-state index contributed by atoms with van der Waals surface area (Å²) >= 11 is 3.41. The van der Waals surface area contributed by atoms with Crippen LogP contribution in [0.1, 0.15) is 0 Å². The van der Waals surface area contributed by atoms with Crippen molar-refractivity contribution in [3.05, 3.63) is 35.1 Å². The first-order valence-electron chi connectivity index (χ1n) is 4.34. The van der Waals surface area contributed by atoms with Crippen molar-refractivity contribution in [3.8, 4) is 11.4 Å². The average Bonchev–Trinajstić information content (AvgIpc) is 2.63. The number of ether oxygens (including phenoxy) is 1. The van der Waals surface area contributed by atoms with Crippen LogP contribution in [-0.4, -0.2) is 16.7 Å². The van der Waals surface area contributed by atoms with Gasteiger partial charge in [-0.05, 0) is 12.1 Å². The molecule has 1 heterocycles. The van der Waals surface area contributed by atoms with Gasteiger partial charge in [-0.3, -0.25) is 4.57 Å². The summed E-state index contributed by atoms with van der Waals surface area (Å²) in [6, 6.07) is 5.72. The van der Waals surface area contributed by atoms with Gasteiger partial charge in [-0.25, -0.2) is 4.98 Å². The van der Waals surface area contributed by atoms with E-state index in [2.05, 4.69) is 20.9 Å². The molecule has 0 aliphatic carbocycles. The Bertz CT molecular complexity index is 481. The normalized spacial score (nSPS) is 10.3. The number of anilines is 1. The second-order valence-corrected chi connectivity index (χ2v) is 3.92. The molecule has 1 aromatic carbocycles. The van der Waals surface area contributed by atoms with E-state index < -0.39 is 0 Å². The average molecular weight is 268 g/mol. The molecule has 0 radical (unpaired) electrons. The third-order valence-corrected chi connectivity index (χ3v) is 2.50. The van der Waals surface area contributed by atoms with Crippen molar-refractivity contribution in [3.63, 3.8) is 0 Å². The summed E-state index contributed by atoms with van der Waals surface area (Å²) in [6.45, 7) is 0. The van der Waals surface area contributed by atoms with Gasteiger partial charge in [0.25, 0.3) is 0 Å². The second kappa shape index (κ2) is 3.94. The van der Waals surface area contributed by atoms with Crippen LogP contribution < -0.4 is 10.5 Å². The minimum atomic E-state index is 0.454. The lowest BCUT2D eigenvalue weighted by Crippen LogP contribution is -2.00. The number of nitrogens with two attached hydrogens (primary N) is 1. The maximum Gasteiger partial charge on any atom is 0.204 e. The molecule has 5 heteroatoms. The topological polar surface area (TPSA) is 53.1 Å². The van der Waals surface area contributed by atoms with Gasteiger partial charge in [-0.1, -0.05) is 15.9 Å². The number of hydrogen-bond donors (Lipinski definition) is 1. The van der Waals surface area contributed by atoms with Crippen molar-refractivity contribution < 1.29 is 4.74 Å². The molecule has 4 nitrogen and oxygen atoms in total. The Hall–Kier alpha value is -1.49. The molecule has 2 rings (SSSR count). The van der Waals surface area contributed by atoms with Gasteiger partial charge in [-0.2, -0.15) is 0 Å². The highest BCUT2D eigenvalue weighted by molar-refractivity contribution is 9.10. The molecular weight excluding hydrogens is 258 g/mol. The van der Waals surface area contributed by atoms with Crippen molar-refractivity contribution in [1.82, 2.24) is 9.55 Å². The van der Waals surface area contributed by atoms with Gasteiger partial charge in [0.2, 0.25) is 5.95 Å². The maximum absolute atomic E-state index is 5.71. The fourth-order valence-electron chi connectivity index (χ4n) is 1.34. The molecule has 0 saturated heterocycles. The molecule has 0 saturated carbocycles. The molecule has 0 spiro atoms. The number of nitrogens with zero attached hydrogens (tertiary/aromatic N) is 2. The van der Waals surface area contributed by atoms with Crippen LogP contribution in [0.2, 0.25) is 0 Å². The molecule has 0 bridgehead atoms. The molecule has 78 valence electrons. The van der Waals surface area contributed by atoms with Crippen molar-refractivity contribution >= 4 is 21.9 Å². The fourth-order valence-corrected chi connectivity index (χ4v) is 1.80. The standard InChI is InChI=1S/C10H10BrN3O/c1-15-9-5-7(11)4-8(6-9)14-3-2-13-10(14)12/h2-6H,1H3,(H2,12,13). The highest BCUT2D eigenvalue weighted by Crippen LogP contribution is 2.24. The molecule has 2 aromatic rings. The predicted molar refractivity (Wildman–Crippen MR) is 62.2 cm³/mol. The summed E-state index contributed by atoms with van der Waals surface area (Å²) < 4.78 is 7.89. The second-order valence-electron chi connectivity index (χ2n) is 3.00. The van der Waals surface area contributed by atoms with Crippen molar-refractivity contribution in [2.45, 2.75) is 0 Å². The summed E-state index contributed by atoms with van der Waals surface area (Å²) in [5.74, 6) is 1.22. The van der Waals surface area contributed by atoms with Crippen LogP contribution in [0.5, 0.6) is 5.75 Å². The molecule has 0 amide bonds. The van der Waals surface area contributed by atoms with Gasteiger partial charge in [0.1, 0.15) is 5.75 Å². The lowest BCUT2D eigenvalue weighted by molar-refractivity contribution is 0.414. The summed E-state index contributed by atoms with van der Waals surface area (Å²) in [5, 5.41) is 0. The van der Waals surface area contributed by atoms with Crippen LogP contribution in [0.3, 0.4) is 0 Å². The van der Waals surface area contributed by atoms with E-state index in [0.29, 0.717) is 5.95 Å². The third-order valence-electron chi connectivity index (χ3n) is 2.04. The first-order chi connectivity index (χ1) is 7.20. The van der Waals surface area contributed by atoms with Crippen LogP contribution in [0.15, 0.2) is 35.1 Å². The summed E-state index contributed by atoms with van der Waals surface area (Å²) in [4.78, 5) is 3.96. The number of halogens is 1. The summed E-state index contributed by atoms with van der Waals surface area (Å²) in [6.07, 6.45) is 3.46. The zero-order valence-electron chi connectivity index (χ0n) is 8.14. The van der Waals surface area contributed by atoms with Crippen molar-refractivity contribution in [2.75, 3.05) is 12.8 Å². The number of methoxy groups -OCH3 is 1. The Balaban J connectivity index is 2.53. The predicted octanol–water partition coefficient (Wildman–Crippen LogP) is 2.23. The van der Waals surface area contributed by atoms with Crippen LogP contribution >= 0.6 is 15.9 Å². The number of imidazole rings is 1. The summed E-state index contributed by atoms with van der Waals surface area (Å²) in [7, 11) is 1.63. The fraction of sp³-hybridized carbons (Fsp3) is 0.100. The Morgan fingerprint density at radius 2 is 2.20 bits per heavy atom. The molecule has 0 aliphatic rings. The van der Waals surface area contributed by atoms with E-state index in [-0.39, 0.29) is 0 Å². The first-order valence-corrected chi connectivity index (χ1v) is 5.14. The largest absolute Gasteiger partial charge is 0.497 e. The molecule has 0 aliphatic heterocycles. The number of benzene rings is 1. The highest BCUT2D eigenvalue weighted by Gasteiger charge is 2.04. The molecule has 0 atom stereocenters. The highest BCUT2D eigenvalue weighted by atomic mass is 79.9. The van der Waals surface area contributed by atoms with Gasteiger partial charge in [-0.15, -0.1) is 0 Å². The third kappa shape index (κ3) is 1.97. The zero-order valence-corrected chi connectivity index (χ0v) is 9.73. The molecule has 1 aromatic heterocycles. The van der Waals surface area contributed by atoms with Crippen LogP contribution in [-0.2, 0) is 0 Å². The van der Waals surface area contributed by atoms with E-state index in [4.69, 9.17) is 10.5 Å². The number of hydrogen-bond acceptors (Lipinski definition) is 3. The Morgan fingerprint density at radius 3 is 2.80 bits per heavy atom. The molecule has 0 unspecified atom stereocenters. The van der Waals surface area contributed by atoms with E-state index in [1.165, 1.54) is 0 Å². The van der Waals surface area contributed by atoms with Gasteiger partial charge < -0.3 is 10.5 Å². The number of nitrogen functional groups attached to an aromatic ring is 1. The van der Waals surface area contributed by atoms with E-state index in [1.54, 1.807) is 24.1 Å². The quantitative estimate of drug-likeness (QED) is 0.908. The first kappa shape index (κ1) is 10.0. The Labute approximate surface area is 95.8 Å². The smallest absolute Gasteiger partial charge is 0.204 e. The lowest BCUT2D eigenvalue weighted by atomic mass is 10.3. The Morgan fingerprint density at radius 1 is 1.40 bits per heavy atom. The van der Waals surface area contributed by atoms with E-state index in [0.717, 1.165) is 15.9 Å². The molecular formula is C10H10BrN3O. The Kier molecular flexibility index (Phi) is 2.64. The van der Waals surface area contributed by atoms with Crippen molar-refractivity contribution in [2.24, 2.45) is 0 Å². The van der Waals surface area contributed by atoms with Gasteiger partial charge in [0.05, 0.1) is 12.8 Å². The van der Waals surface area contributed by atoms with E-state index >= 15 is 0 Å². The maximum atomic E-state index is 5.71. The van der Waals surface area contributed by atoms with Gasteiger partial charge in [0, 0.05) is 22.9 Å². The van der Waals surface area contributed by atoms with E-state index in [1.807, 2.05) is 18.2 Å². The number of aromatic nitrogens is 2. The van der Waals surface area contributed by atoms with Crippen LogP contribution in [0.25, 0.3) is 5.69 Å². The molecule has 2 N–H and O–H groups in total. The van der Waals surface area contributed by atoms with Crippen LogP contribution in [0, 0.1) is 0 Å². The minimum absolute atomic E-state index is 0.454. The molecule has 15 heavy (non-hydrogen) atoms. The lowest BCUT2D eigenvalue weighted by Gasteiger charge is -2.07. The zero-order chi connectivity index (χ0) is 10.8. The van der Waals surface area contributed by atoms with Crippen LogP contribution in [0.4, 0.5) is 5.95 Å². The van der Waals surface area contributed by atoms with Gasteiger partial charge >= 0.3 is 0 Å². The summed E-state index contributed by atoms with van der Waals surface area (Å²) in [5.41, 5.74) is 6.62. The monoisotopic (exact) mass is 267 g/mol.